The molecule has 0 saturated carbocycles. The van der Waals surface area contributed by atoms with E-state index >= 15 is 0 Å². The summed E-state index contributed by atoms with van der Waals surface area (Å²) in [7, 11) is 0. The van der Waals surface area contributed by atoms with Crippen molar-refractivity contribution >= 4 is 28.9 Å². The molecule has 0 radical (unpaired) electrons. The van der Waals surface area contributed by atoms with Gasteiger partial charge in [-0.3, -0.25) is 14.9 Å². The average molecular weight is 314 g/mol. The molecule has 21 heavy (non-hydrogen) atoms. The van der Waals surface area contributed by atoms with E-state index in [9.17, 15) is 14.9 Å². The molecule has 7 heteroatoms. The van der Waals surface area contributed by atoms with Gasteiger partial charge >= 0.3 is 0 Å². The predicted molar refractivity (Wildman–Crippen MR) is 83.4 cm³/mol. The molecule has 0 fully saturated rings. The normalized spacial score (nSPS) is 13.5. The van der Waals surface area contributed by atoms with Crippen molar-refractivity contribution in [3.8, 4) is 0 Å². The molecule has 116 valence electrons. The Morgan fingerprint density at radius 3 is 2.62 bits per heavy atom. The van der Waals surface area contributed by atoms with E-state index in [-0.39, 0.29) is 28.6 Å². The molecule has 1 aromatic rings. The Bertz CT molecular complexity index is 520. The molecular weight excluding hydrogens is 294 g/mol. The number of carbonyl (C=O) groups excluding carboxylic acids is 1. The molecule has 0 spiro atoms. The Kier molecular flexibility index (Phi) is 6.58. The minimum absolute atomic E-state index is 0.108. The highest BCUT2D eigenvalue weighted by Crippen LogP contribution is 2.27. The SMILES string of the molecule is CC(N)CCCC(C)C(=O)Nc1ccc([N+](=O)[O-])cc1Cl. The van der Waals surface area contributed by atoms with Gasteiger partial charge in [0.2, 0.25) is 5.91 Å². The Balaban J connectivity index is 2.60. The van der Waals surface area contributed by atoms with Gasteiger partial charge in [-0.15, -0.1) is 0 Å². The maximum Gasteiger partial charge on any atom is 0.271 e. The van der Waals surface area contributed by atoms with E-state index in [2.05, 4.69) is 5.32 Å². The van der Waals surface area contributed by atoms with Crippen LogP contribution in [0.5, 0.6) is 0 Å². The van der Waals surface area contributed by atoms with Crippen molar-refractivity contribution < 1.29 is 9.72 Å². The lowest BCUT2D eigenvalue weighted by Crippen LogP contribution is -2.21. The Morgan fingerprint density at radius 1 is 1.43 bits per heavy atom. The van der Waals surface area contributed by atoms with Gasteiger partial charge in [0, 0.05) is 24.1 Å². The summed E-state index contributed by atoms with van der Waals surface area (Å²) in [6, 6.07) is 4.09. The fraction of sp³-hybridized carbons (Fsp3) is 0.500. The number of benzene rings is 1. The van der Waals surface area contributed by atoms with Crippen molar-refractivity contribution in [3.05, 3.63) is 33.3 Å². The number of nitro benzene ring substituents is 1. The second-order valence-corrected chi connectivity index (χ2v) is 5.63. The number of carbonyl (C=O) groups is 1. The number of rotatable bonds is 7. The van der Waals surface area contributed by atoms with E-state index in [4.69, 9.17) is 17.3 Å². The van der Waals surface area contributed by atoms with E-state index < -0.39 is 4.92 Å². The molecular formula is C14H20ClN3O3. The molecule has 2 unspecified atom stereocenters. The van der Waals surface area contributed by atoms with E-state index in [1.54, 1.807) is 0 Å². The number of anilines is 1. The van der Waals surface area contributed by atoms with Crippen LogP contribution in [0.1, 0.15) is 33.1 Å². The standard InChI is InChI=1S/C14H20ClN3O3/c1-9(4-3-5-10(2)16)14(19)17-13-7-6-11(18(20)21)8-12(13)15/h6-10H,3-5,16H2,1-2H3,(H,17,19). The van der Waals surface area contributed by atoms with Crippen molar-refractivity contribution in [2.75, 3.05) is 5.32 Å². The van der Waals surface area contributed by atoms with Crippen LogP contribution in [0.2, 0.25) is 5.02 Å². The first kappa shape index (κ1) is 17.4. The number of non-ortho nitro benzene ring substituents is 1. The summed E-state index contributed by atoms with van der Waals surface area (Å²) in [6.45, 7) is 3.76. The Morgan fingerprint density at radius 2 is 2.10 bits per heavy atom. The smallest absolute Gasteiger partial charge is 0.271 e. The number of nitro groups is 1. The molecule has 1 amide bonds. The Labute approximate surface area is 128 Å². The number of nitrogens with two attached hydrogens (primary N) is 1. The molecule has 0 heterocycles. The molecule has 0 aliphatic rings. The molecule has 6 nitrogen and oxygen atoms in total. The largest absolute Gasteiger partial charge is 0.328 e. The van der Waals surface area contributed by atoms with E-state index in [1.165, 1.54) is 18.2 Å². The molecule has 3 N–H and O–H groups in total. The topological polar surface area (TPSA) is 98.3 Å². The van der Waals surface area contributed by atoms with Crippen molar-refractivity contribution in [2.24, 2.45) is 11.7 Å². The summed E-state index contributed by atoms with van der Waals surface area (Å²) in [5, 5.41) is 13.5. The van der Waals surface area contributed by atoms with Gasteiger partial charge in [0.25, 0.3) is 5.69 Å². The summed E-state index contributed by atoms with van der Waals surface area (Å²) < 4.78 is 0. The molecule has 2 atom stereocenters. The number of amides is 1. The minimum atomic E-state index is -0.534. The van der Waals surface area contributed by atoms with Crippen LogP contribution in [0.25, 0.3) is 0 Å². The van der Waals surface area contributed by atoms with Gasteiger partial charge < -0.3 is 11.1 Å². The van der Waals surface area contributed by atoms with Crippen molar-refractivity contribution in [1.82, 2.24) is 0 Å². The number of nitrogens with one attached hydrogen (secondary N) is 1. The summed E-state index contributed by atoms with van der Waals surface area (Å²) in [6.07, 6.45) is 2.48. The molecule has 0 aliphatic carbocycles. The van der Waals surface area contributed by atoms with Crippen LogP contribution < -0.4 is 11.1 Å². The predicted octanol–water partition coefficient (Wildman–Crippen LogP) is 3.34. The van der Waals surface area contributed by atoms with Gasteiger partial charge in [0.15, 0.2) is 0 Å². The second kappa shape index (κ2) is 7.95. The maximum atomic E-state index is 12.0. The highest BCUT2D eigenvalue weighted by molar-refractivity contribution is 6.34. The molecule has 0 aromatic heterocycles. The lowest BCUT2D eigenvalue weighted by atomic mass is 10.0. The summed E-state index contributed by atoms with van der Waals surface area (Å²) in [5.41, 5.74) is 5.94. The van der Waals surface area contributed by atoms with Crippen LogP contribution in [0.4, 0.5) is 11.4 Å². The van der Waals surface area contributed by atoms with Crippen LogP contribution in [0, 0.1) is 16.0 Å². The van der Waals surface area contributed by atoms with Gasteiger partial charge in [-0.05, 0) is 25.8 Å². The number of nitrogens with zero attached hydrogens (tertiary/aromatic N) is 1. The quantitative estimate of drug-likeness (QED) is 0.595. The van der Waals surface area contributed by atoms with Crippen molar-refractivity contribution in [2.45, 2.75) is 39.2 Å². The van der Waals surface area contributed by atoms with Gasteiger partial charge in [-0.1, -0.05) is 24.9 Å². The molecule has 1 rings (SSSR count). The number of hydrogen-bond donors (Lipinski definition) is 2. The fourth-order valence-corrected chi connectivity index (χ4v) is 2.07. The van der Waals surface area contributed by atoms with Crippen LogP contribution >= 0.6 is 11.6 Å². The number of halogens is 1. The zero-order chi connectivity index (χ0) is 16.0. The highest BCUT2D eigenvalue weighted by Gasteiger charge is 2.16. The third-order valence-electron chi connectivity index (χ3n) is 3.17. The second-order valence-electron chi connectivity index (χ2n) is 5.22. The molecule has 0 aliphatic heterocycles. The average Bonchev–Trinajstić information content (AvgIpc) is 2.40. The molecule has 1 aromatic carbocycles. The third kappa shape index (κ3) is 5.69. The lowest BCUT2D eigenvalue weighted by molar-refractivity contribution is -0.384. The minimum Gasteiger partial charge on any atom is -0.328 e. The maximum absolute atomic E-state index is 12.0. The van der Waals surface area contributed by atoms with Crippen LogP contribution in [0.3, 0.4) is 0 Å². The first-order valence-corrected chi connectivity index (χ1v) is 7.19. The number of hydrogen-bond acceptors (Lipinski definition) is 4. The van der Waals surface area contributed by atoms with Crippen molar-refractivity contribution in [3.63, 3.8) is 0 Å². The monoisotopic (exact) mass is 313 g/mol. The summed E-state index contributed by atoms with van der Waals surface area (Å²) in [4.78, 5) is 22.1. The zero-order valence-corrected chi connectivity index (χ0v) is 12.9. The highest BCUT2D eigenvalue weighted by atomic mass is 35.5. The van der Waals surface area contributed by atoms with Gasteiger partial charge in [-0.2, -0.15) is 0 Å². The lowest BCUT2D eigenvalue weighted by Gasteiger charge is -2.13. The fourth-order valence-electron chi connectivity index (χ4n) is 1.85. The van der Waals surface area contributed by atoms with Crippen LogP contribution in [0.15, 0.2) is 18.2 Å². The van der Waals surface area contributed by atoms with E-state index in [0.717, 1.165) is 19.3 Å². The first-order valence-electron chi connectivity index (χ1n) is 6.81. The molecule has 0 saturated heterocycles. The van der Waals surface area contributed by atoms with Crippen LogP contribution in [-0.4, -0.2) is 16.9 Å². The summed E-state index contributed by atoms with van der Waals surface area (Å²) >= 11 is 5.93. The van der Waals surface area contributed by atoms with Gasteiger partial charge in [0.05, 0.1) is 15.6 Å². The first-order chi connectivity index (χ1) is 9.81. The third-order valence-corrected chi connectivity index (χ3v) is 3.48. The zero-order valence-electron chi connectivity index (χ0n) is 12.1. The molecule has 0 bridgehead atoms. The van der Waals surface area contributed by atoms with Crippen molar-refractivity contribution in [1.29, 1.82) is 0 Å². The van der Waals surface area contributed by atoms with Gasteiger partial charge in [0.1, 0.15) is 0 Å². The summed E-state index contributed by atoms with van der Waals surface area (Å²) in [5.74, 6) is -0.328. The van der Waals surface area contributed by atoms with Crippen LogP contribution in [-0.2, 0) is 4.79 Å². The van der Waals surface area contributed by atoms with Gasteiger partial charge in [-0.25, -0.2) is 0 Å². The Hall–Kier alpha value is -1.66. The van der Waals surface area contributed by atoms with E-state index in [0.29, 0.717) is 5.69 Å². The van der Waals surface area contributed by atoms with E-state index in [1.807, 2.05) is 13.8 Å².